The molecule has 0 aliphatic rings. The molecule has 1 unspecified atom stereocenters. The molecule has 0 aliphatic carbocycles. The zero-order chi connectivity index (χ0) is 17.5. The quantitative estimate of drug-likeness (QED) is 0.798. The molecule has 0 bridgehead atoms. The molecule has 2 rings (SSSR count). The predicted octanol–water partition coefficient (Wildman–Crippen LogP) is 4.19. The Labute approximate surface area is 152 Å². The van der Waals surface area contributed by atoms with Gasteiger partial charge in [-0.15, -0.1) is 0 Å². The summed E-state index contributed by atoms with van der Waals surface area (Å²) >= 11 is 12.0. The van der Waals surface area contributed by atoms with Crippen molar-refractivity contribution in [1.29, 1.82) is 0 Å². The Hall–Kier alpha value is -1.55. The van der Waals surface area contributed by atoms with Crippen molar-refractivity contribution >= 4 is 29.1 Å². The summed E-state index contributed by atoms with van der Waals surface area (Å²) < 4.78 is 0. The lowest BCUT2D eigenvalue weighted by Crippen LogP contribution is -2.34. The van der Waals surface area contributed by atoms with Crippen molar-refractivity contribution in [2.24, 2.45) is 5.92 Å². The van der Waals surface area contributed by atoms with Crippen LogP contribution in [0.4, 0.5) is 0 Å². The molecule has 0 aromatic heterocycles. The molecule has 1 amide bonds. The Kier molecular flexibility index (Phi) is 7.10. The van der Waals surface area contributed by atoms with E-state index in [0.29, 0.717) is 29.4 Å². The summed E-state index contributed by atoms with van der Waals surface area (Å²) in [6, 6.07) is 15.2. The van der Waals surface area contributed by atoms with Crippen LogP contribution in [0.2, 0.25) is 10.0 Å². The van der Waals surface area contributed by atoms with Gasteiger partial charge in [0, 0.05) is 26.1 Å². The normalized spacial score (nSPS) is 12.0. The first kappa shape index (κ1) is 18.8. The summed E-state index contributed by atoms with van der Waals surface area (Å²) in [5.74, 6) is -0.278. The van der Waals surface area contributed by atoms with Crippen LogP contribution >= 0.6 is 23.2 Å². The highest BCUT2D eigenvalue weighted by atomic mass is 35.5. The zero-order valence-electron chi connectivity index (χ0n) is 13.6. The van der Waals surface area contributed by atoms with Crippen LogP contribution in [0.15, 0.2) is 48.5 Å². The fourth-order valence-electron chi connectivity index (χ4n) is 2.67. The zero-order valence-corrected chi connectivity index (χ0v) is 15.1. The van der Waals surface area contributed by atoms with Crippen LogP contribution in [-0.4, -0.2) is 29.6 Å². The van der Waals surface area contributed by atoms with Gasteiger partial charge in [-0.05, 0) is 36.1 Å². The fraction of sp³-hybridized carbons (Fsp3) is 0.316. The summed E-state index contributed by atoms with van der Waals surface area (Å²) in [5, 5.41) is 10.3. The molecule has 0 saturated heterocycles. The van der Waals surface area contributed by atoms with Gasteiger partial charge in [0.25, 0.3) is 0 Å². The van der Waals surface area contributed by atoms with Crippen molar-refractivity contribution in [3.8, 4) is 0 Å². The van der Waals surface area contributed by atoms with Gasteiger partial charge in [0.15, 0.2) is 0 Å². The van der Waals surface area contributed by atoms with Gasteiger partial charge in [-0.1, -0.05) is 59.6 Å². The van der Waals surface area contributed by atoms with Crippen molar-refractivity contribution in [3.63, 3.8) is 0 Å². The SMILES string of the molecule is CN(Cc1ccccc1)C(=O)C(CCO)Cc1ccc(Cl)c(Cl)c1. The van der Waals surface area contributed by atoms with E-state index in [1.807, 2.05) is 36.4 Å². The summed E-state index contributed by atoms with van der Waals surface area (Å²) in [5.41, 5.74) is 2.01. The molecule has 2 aromatic rings. The molecule has 24 heavy (non-hydrogen) atoms. The van der Waals surface area contributed by atoms with Crippen LogP contribution in [0.1, 0.15) is 17.5 Å². The van der Waals surface area contributed by atoms with Gasteiger partial charge in [0.1, 0.15) is 0 Å². The molecule has 3 nitrogen and oxygen atoms in total. The van der Waals surface area contributed by atoms with Crippen molar-refractivity contribution in [2.75, 3.05) is 13.7 Å². The molecule has 0 fully saturated rings. The highest BCUT2D eigenvalue weighted by molar-refractivity contribution is 6.42. The largest absolute Gasteiger partial charge is 0.396 e. The van der Waals surface area contributed by atoms with E-state index in [1.54, 1.807) is 24.1 Å². The Morgan fingerprint density at radius 2 is 1.79 bits per heavy atom. The Bertz CT molecular complexity index is 676. The molecular weight excluding hydrogens is 345 g/mol. The van der Waals surface area contributed by atoms with Crippen LogP contribution in [-0.2, 0) is 17.8 Å². The highest BCUT2D eigenvalue weighted by Crippen LogP contribution is 2.25. The summed E-state index contributed by atoms with van der Waals surface area (Å²) in [6.07, 6.45) is 0.938. The maximum atomic E-state index is 12.7. The monoisotopic (exact) mass is 365 g/mol. The Balaban J connectivity index is 2.07. The summed E-state index contributed by atoms with van der Waals surface area (Å²) in [4.78, 5) is 14.5. The van der Waals surface area contributed by atoms with Gasteiger partial charge < -0.3 is 10.0 Å². The Morgan fingerprint density at radius 3 is 2.42 bits per heavy atom. The van der Waals surface area contributed by atoms with Gasteiger partial charge in [-0.3, -0.25) is 4.79 Å². The van der Waals surface area contributed by atoms with E-state index in [-0.39, 0.29) is 18.4 Å². The minimum Gasteiger partial charge on any atom is -0.396 e. The average Bonchev–Trinajstić information content (AvgIpc) is 2.58. The molecule has 128 valence electrons. The van der Waals surface area contributed by atoms with Gasteiger partial charge in [-0.25, -0.2) is 0 Å². The number of nitrogens with zero attached hydrogens (tertiary/aromatic N) is 1. The maximum Gasteiger partial charge on any atom is 0.226 e. The number of aliphatic hydroxyl groups is 1. The maximum absolute atomic E-state index is 12.7. The second-order valence-corrected chi connectivity index (χ2v) is 6.66. The number of hydrogen-bond acceptors (Lipinski definition) is 2. The molecule has 1 atom stereocenters. The Morgan fingerprint density at radius 1 is 1.08 bits per heavy atom. The van der Waals surface area contributed by atoms with E-state index in [1.165, 1.54) is 0 Å². The number of aliphatic hydroxyl groups excluding tert-OH is 1. The van der Waals surface area contributed by atoms with E-state index >= 15 is 0 Å². The summed E-state index contributed by atoms with van der Waals surface area (Å²) in [7, 11) is 1.79. The summed E-state index contributed by atoms with van der Waals surface area (Å²) in [6.45, 7) is 0.514. The standard InChI is InChI=1S/C19H21Cl2NO2/c1-22(13-14-5-3-2-4-6-14)19(24)16(9-10-23)11-15-7-8-17(20)18(21)12-15/h2-8,12,16,23H,9-11,13H2,1H3. The lowest BCUT2D eigenvalue weighted by atomic mass is 9.95. The molecule has 1 N–H and O–H groups in total. The fourth-order valence-corrected chi connectivity index (χ4v) is 2.99. The van der Waals surface area contributed by atoms with Crippen LogP contribution in [0, 0.1) is 5.92 Å². The van der Waals surface area contributed by atoms with Gasteiger partial charge in [-0.2, -0.15) is 0 Å². The second-order valence-electron chi connectivity index (χ2n) is 5.84. The topological polar surface area (TPSA) is 40.5 Å². The minimum absolute atomic E-state index is 0.0129. The first-order chi connectivity index (χ1) is 11.5. The number of carbonyl (C=O) groups is 1. The number of benzene rings is 2. The van der Waals surface area contributed by atoms with Gasteiger partial charge >= 0.3 is 0 Å². The number of halogens is 2. The lowest BCUT2D eigenvalue weighted by molar-refractivity contribution is -0.135. The molecule has 0 spiro atoms. The van der Waals surface area contributed by atoms with E-state index in [4.69, 9.17) is 23.2 Å². The van der Waals surface area contributed by atoms with Gasteiger partial charge in [0.2, 0.25) is 5.91 Å². The number of amides is 1. The van der Waals surface area contributed by atoms with Crippen molar-refractivity contribution < 1.29 is 9.90 Å². The molecular formula is C19H21Cl2NO2. The van der Waals surface area contributed by atoms with E-state index in [2.05, 4.69) is 0 Å². The number of carbonyl (C=O) groups excluding carboxylic acids is 1. The smallest absolute Gasteiger partial charge is 0.226 e. The third-order valence-corrected chi connectivity index (χ3v) is 4.67. The third kappa shape index (κ3) is 5.23. The molecule has 0 aliphatic heterocycles. The van der Waals surface area contributed by atoms with Crippen LogP contribution in [0.3, 0.4) is 0 Å². The lowest BCUT2D eigenvalue weighted by Gasteiger charge is -2.24. The molecule has 0 radical (unpaired) electrons. The van der Waals surface area contributed by atoms with E-state index < -0.39 is 0 Å². The average molecular weight is 366 g/mol. The van der Waals surface area contributed by atoms with Crippen LogP contribution in [0.25, 0.3) is 0 Å². The molecule has 0 heterocycles. The molecule has 5 heteroatoms. The van der Waals surface area contributed by atoms with Crippen molar-refractivity contribution in [2.45, 2.75) is 19.4 Å². The highest BCUT2D eigenvalue weighted by Gasteiger charge is 2.22. The molecule has 0 saturated carbocycles. The predicted molar refractivity (Wildman–Crippen MR) is 98.3 cm³/mol. The van der Waals surface area contributed by atoms with Crippen LogP contribution < -0.4 is 0 Å². The third-order valence-electron chi connectivity index (χ3n) is 3.93. The molecule has 2 aromatic carbocycles. The minimum atomic E-state index is -0.291. The van der Waals surface area contributed by atoms with Crippen molar-refractivity contribution in [1.82, 2.24) is 4.90 Å². The first-order valence-electron chi connectivity index (χ1n) is 7.85. The second kappa shape index (κ2) is 9.07. The first-order valence-corrected chi connectivity index (χ1v) is 8.60. The number of hydrogen-bond donors (Lipinski definition) is 1. The number of rotatable bonds is 7. The van der Waals surface area contributed by atoms with E-state index in [9.17, 15) is 9.90 Å². The van der Waals surface area contributed by atoms with Crippen LogP contribution in [0.5, 0.6) is 0 Å². The van der Waals surface area contributed by atoms with E-state index in [0.717, 1.165) is 11.1 Å². The van der Waals surface area contributed by atoms with Crippen molar-refractivity contribution in [3.05, 3.63) is 69.7 Å². The van der Waals surface area contributed by atoms with Gasteiger partial charge in [0.05, 0.1) is 10.0 Å².